The summed E-state index contributed by atoms with van der Waals surface area (Å²) in [6.07, 6.45) is 7.20. The van der Waals surface area contributed by atoms with E-state index in [2.05, 4.69) is 4.85 Å². The van der Waals surface area contributed by atoms with Crippen molar-refractivity contribution in [1.82, 2.24) is 29.1 Å². The van der Waals surface area contributed by atoms with Crippen LogP contribution in [0.1, 0.15) is 0 Å². The van der Waals surface area contributed by atoms with Gasteiger partial charge in [0.1, 0.15) is 0 Å². The van der Waals surface area contributed by atoms with Crippen LogP contribution in [0.2, 0.25) is 0 Å². The summed E-state index contributed by atoms with van der Waals surface area (Å²) in [5.74, 6) is -10.6. The molecule has 0 radical (unpaired) electrons. The first-order valence-corrected chi connectivity index (χ1v) is 30.0. The third kappa shape index (κ3) is 9.74. The number of halogens is 5. The molecule has 0 aliphatic heterocycles. The Kier molecular flexibility index (Phi) is 13.7. The molecule has 16 aromatic rings. The van der Waals surface area contributed by atoms with E-state index in [9.17, 15) is 0 Å². The fraction of sp³-hybridized carbons (Fsp3) is 0. The molecule has 93 heavy (non-hydrogen) atoms. The van der Waals surface area contributed by atoms with Crippen LogP contribution in [0, 0.1) is 35.7 Å². The Labute approximate surface area is 529 Å². The number of fused-ring (bicyclic) bond motifs is 6. The molecule has 0 amide bonds. The standard InChI is InChI=1S/C81H46F5N7/c1-87-60-42-73(92-69-34-26-52(56-22-30-65(88-44-56)48-14-6-2-7-15-48)38-61(69)62-39-53(27-35-70(62)92)57-23-31-66(89-45-57)49-16-8-3-9-17-49)75(76-77(82)79(84)81(86)80(85)78(76)83)74(43-60)93-71-36-28-54(58-24-32-67(90-46-58)50-18-10-4-11-19-50)40-63(71)64-41-55(29-37-72(64)93)59-25-33-68(91-47-59)51-20-12-5-13-21-51/h2-47H. The molecule has 0 fully saturated rings. The highest BCUT2D eigenvalue weighted by molar-refractivity contribution is 6.15. The molecule has 0 atom stereocenters. The van der Waals surface area contributed by atoms with E-state index in [0.717, 1.165) is 89.5 Å². The SMILES string of the molecule is [C-]#[N+]c1cc(-n2c3ccc(-c4ccc(-c5ccccc5)nc4)cc3c3cc(-c4ccc(-c5ccccc5)nc4)ccc32)c(-c2c(F)c(F)c(F)c(F)c2F)c(-n2c3ccc(-c4ccc(-c5ccccc5)nc4)cc3c3cc(-c4ccc(-c5ccccc5)nc4)ccc32)c1. The van der Waals surface area contributed by atoms with Crippen LogP contribution in [0.5, 0.6) is 0 Å². The largest absolute Gasteiger partial charge is 0.310 e. The number of hydrogen-bond donors (Lipinski definition) is 0. The molecular formula is C81H46F5N7. The molecule has 16 rings (SSSR count). The number of aromatic nitrogens is 6. The van der Waals surface area contributed by atoms with Crippen molar-refractivity contribution in [3.63, 3.8) is 0 Å². The maximum atomic E-state index is 17.5. The van der Waals surface area contributed by atoms with Crippen LogP contribution in [-0.4, -0.2) is 29.1 Å². The molecule has 0 aliphatic rings. The Morgan fingerprint density at radius 1 is 0.258 bits per heavy atom. The molecule has 6 aromatic heterocycles. The average molecular weight is 1210 g/mol. The average Bonchev–Trinajstić information content (AvgIpc) is 1.65. The van der Waals surface area contributed by atoms with Gasteiger partial charge in [-0.3, -0.25) is 19.9 Å². The van der Waals surface area contributed by atoms with E-state index in [0.29, 0.717) is 43.6 Å². The third-order valence-corrected chi connectivity index (χ3v) is 17.3. The maximum Gasteiger partial charge on any atom is 0.200 e. The van der Waals surface area contributed by atoms with Crippen molar-refractivity contribution in [2.24, 2.45) is 0 Å². The molecule has 6 heterocycles. The van der Waals surface area contributed by atoms with E-state index in [-0.39, 0.29) is 22.6 Å². The van der Waals surface area contributed by atoms with Crippen LogP contribution in [0.4, 0.5) is 27.6 Å². The molecule has 0 saturated heterocycles. The van der Waals surface area contributed by atoms with Gasteiger partial charge in [0, 0.05) is 108 Å². The van der Waals surface area contributed by atoms with Gasteiger partial charge >= 0.3 is 0 Å². The van der Waals surface area contributed by atoms with E-state index >= 15 is 22.0 Å². The second-order valence-electron chi connectivity index (χ2n) is 22.7. The molecule has 0 unspecified atom stereocenters. The Balaban J connectivity index is 0.956. The van der Waals surface area contributed by atoms with Crippen molar-refractivity contribution >= 4 is 49.3 Å². The van der Waals surface area contributed by atoms with Crippen LogP contribution in [0.3, 0.4) is 0 Å². The van der Waals surface area contributed by atoms with Crippen LogP contribution in [0.25, 0.3) is 160 Å². The quantitative estimate of drug-likeness (QED) is 0.0560. The summed E-state index contributed by atoms with van der Waals surface area (Å²) in [7, 11) is 0. The molecule has 0 bridgehead atoms. The maximum absolute atomic E-state index is 17.5. The zero-order valence-corrected chi connectivity index (χ0v) is 49.1. The van der Waals surface area contributed by atoms with Gasteiger partial charge in [0.15, 0.2) is 29.0 Å². The number of nitrogens with zero attached hydrogens (tertiary/aromatic N) is 7. The van der Waals surface area contributed by atoms with E-state index < -0.39 is 34.6 Å². The van der Waals surface area contributed by atoms with Gasteiger partial charge in [0.05, 0.1) is 57.0 Å². The van der Waals surface area contributed by atoms with Gasteiger partial charge in [-0.2, -0.15) is 0 Å². The number of pyridine rings is 4. The molecular weight excluding hydrogens is 1170 g/mol. The van der Waals surface area contributed by atoms with E-state index in [1.807, 2.05) is 243 Å². The highest BCUT2D eigenvalue weighted by Gasteiger charge is 2.33. The highest BCUT2D eigenvalue weighted by atomic mass is 19.2. The van der Waals surface area contributed by atoms with Gasteiger partial charge < -0.3 is 9.13 Å². The van der Waals surface area contributed by atoms with Crippen LogP contribution >= 0.6 is 0 Å². The fourth-order valence-electron chi connectivity index (χ4n) is 12.8. The lowest BCUT2D eigenvalue weighted by Gasteiger charge is -2.22. The van der Waals surface area contributed by atoms with Gasteiger partial charge in [0.25, 0.3) is 0 Å². The summed E-state index contributed by atoms with van der Waals surface area (Å²) in [4.78, 5) is 23.4. The summed E-state index contributed by atoms with van der Waals surface area (Å²) in [6.45, 7) is 8.73. The lowest BCUT2D eigenvalue weighted by atomic mass is 9.97. The van der Waals surface area contributed by atoms with Crippen molar-refractivity contribution in [3.8, 4) is 112 Å². The Morgan fingerprint density at radius 3 is 0.763 bits per heavy atom. The summed E-state index contributed by atoms with van der Waals surface area (Å²) < 4.78 is 86.5. The monoisotopic (exact) mass is 1210 g/mol. The van der Waals surface area contributed by atoms with Crippen molar-refractivity contribution in [3.05, 3.63) is 320 Å². The van der Waals surface area contributed by atoms with Gasteiger partial charge in [-0.25, -0.2) is 26.8 Å². The normalized spacial score (nSPS) is 11.5. The smallest absolute Gasteiger partial charge is 0.200 e. The minimum absolute atomic E-state index is 0.0161. The van der Waals surface area contributed by atoms with E-state index in [4.69, 9.17) is 26.5 Å². The predicted molar refractivity (Wildman–Crippen MR) is 361 cm³/mol. The zero-order valence-electron chi connectivity index (χ0n) is 49.1. The van der Waals surface area contributed by atoms with E-state index in [1.165, 1.54) is 12.1 Å². The summed E-state index contributed by atoms with van der Waals surface area (Å²) in [6, 6.07) is 81.1. The Bertz CT molecular complexity index is 5020. The molecule has 440 valence electrons. The summed E-state index contributed by atoms with van der Waals surface area (Å²) in [5, 5.41) is 2.71. The summed E-state index contributed by atoms with van der Waals surface area (Å²) >= 11 is 0. The minimum atomic E-state index is -2.31. The first kappa shape index (κ1) is 55.8. The Morgan fingerprint density at radius 2 is 0.516 bits per heavy atom. The topological polar surface area (TPSA) is 65.8 Å². The Hall–Kier alpha value is -12.5. The van der Waals surface area contributed by atoms with Crippen molar-refractivity contribution in [2.75, 3.05) is 0 Å². The van der Waals surface area contributed by atoms with Crippen molar-refractivity contribution in [1.29, 1.82) is 0 Å². The second-order valence-corrected chi connectivity index (χ2v) is 22.7. The molecule has 12 heteroatoms. The first-order chi connectivity index (χ1) is 45.6. The molecule has 10 aromatic carbocycles. The second kappa shape index (κ2) is 22.8. The van der Waals surface area contributed by atoms with E-state index in [1.54, 1.807) is 33.9 Å². The lowest BCUT2D eigenvalue weighted by molar-refractivity contribution is 0.381. The zero-order chi connectivity index (χ0) is 62.8. The van der Waals surface area contributed by atoms with Gasteiger partial charge in [0.2, 0.25) is 5.82 Å². The lowest BCUT2D eigenvalue weighted by Crippen LogP contribution is -2.09. The fourth-order valence-corrected chi connectivity index (χ4v) is 12.8. The molecule has 0 spiro atoms. The van der Waals surface area contributed by atoms with Crippen LogP contribution in [0.15, 0.2) is 280 Å². The molecule has 7 nitrogen and oxygen atoms in total. The third-order valence-electron chi connectivity index (χ3n) is 17.3. The number of rotatable bonds is 11. The highest BCUT2D eigenvalue weighted by Crippen LogP contribution is 2.48. The van der Waals surface area contributed by atoms with Gasteiger partial charge in [-0.05, 0) is 107 Å². The number of hydrogen-bond acceptors (Lipinski definition) is 4. The molecule has 0 N–H and O–H groups in total. The summed E-state index contributed by atoms with van der Waals surface area (Å²) in [5.41, 5.74) is 13.7. The molecule has 0 saturated carbocycles. The van der Waals surface area contributed by atoms with Crippen LogP contribution < -0.4 is 0 Å². The minimum Gasteiger partial charge on any atom is -0.310 e. The first-order valence-electron chi connectivity index (χ1n) is 30.0. The number of benzene rings is 10. The van der Waals surface area contributed by atoms with Gasteiger partial charge in [-0.15, -0.1) is 0 Å². The van der Waals surface area contributed by atoms with Gasteiger partial charge in [-0.1, -0.05) is 170 Å². The van der Waals surface area contributed by atoms with Crippen molar-refractivity contribution in [2.45, 2.75) is 0 Å². The van der Waals surface area contributed by atoms with Crippen molar-refractivity contribution < 1.29 is 22.0 Å². The molecule has 0 aliphatic carbocycles. The van der Waals surface area contributed by atoms with Crippen LogP contribution in [-0.2, 0) is 0 Å². The predicted octanol–water partition coefficient (Wildman–Crippen LogP) is 21.7.